The van der Waals surface area contributed by atoms with Gasteiger partial charge in [-0.05, 0) is 50.7 Å². The maximum atomic E-state index is 3.54. The van der Waals surface area contributed by atoms with E-state index in [4.69, 9.17) is 0 Å². The number of hydrogen-bond donors (Lipinski definition) is 1. The normalized spacial score (nSPS) is 37.7. The summed E-state index contributed by atoms with van der Waals surface area (Å²) in [5.41, 5.74) is 0. The van der Waals surface area contributed by atoms with Gasteiger partial charge in [0.25, 0.3) is 0 Å². The molecule has 14 heavy (non-hydrogen) atoms. The summed E-state index contributed by atoms with van der Waals surface area (Å²) < 4.78 is 0. The standard InChI is InChI=1S/C12H24N2/c1-3-5-13-8-11-4-6-14(9-11)12-7-10(12)2/h10-13H,3-9H2,1-2H3. The molecule has 3 unspecified atom stereocenters. The molecule has 2 rings (SSSR count). The van der Waals surface area contributed by atoms with Crippen LogP contribution in [-0.4, -0.2) is 37.1 Å². The van der Waals surface area contributed by atoms with Crippen molar-refractivity contribution in [3.8, 4) is 0 Å². The third kappa shape index (κ3) is 2.48. The van der Waals surface area contributed by atoms with Crippen LogP contribution in [0.4, 0.5) is 0 Å². The minimum Gasteiger partial charge on any atom is -0.316 e. The van der Waals surface area contributed by atoms with Crippen LogP contribution in [0.2, 0.25) is 0 Å². The zero-order valence-corrected chi connectivity index (χ0v) is 9.63. The van der Waals surface area contributed by atoms with Gasteiger partial charge in [-0.25, -0.2) is 0 Å². The van der Waals surface area contributed by atoms with E-state index in [2.05, 4.69) is 24.1 Å². The Kier molecular flexibility index (Phi) is 3.45. The highest BCUT2D eigenvalue weighted by Crippen LogP contribution is 2.37. The van der Waals surface area contributed by atoms with Gasteiger partial charge in [0.1, 0.15) is 0 Å². The van der Waals surface area contributed by atoms with Crippen molar-refractivity contribution >= 4 is 0 Å². The van der Waals surface area contributed by atoms with Crippen LogP contribution in [0.3, 0.4) is 0 Å². The Morgan fingerprint density at radius 3 is 2.86 bits per heavy atom. The van der Waals surface area contributed by atoms with Crippen molar-refractivity contribution in [2.24, 2.45) is 11.8 Å². The van der Waals surface area contributed by atoms with Gasteiger partial charge in [0.2, 0.25) is 0 Å². The average Bonchev–Trinajstić information content (AvgIpc) is 2.74. The van der Waals surface area contributed by atoms with Gasteiger partial charge in [-0.15, -0.1) is 0 Å². The van der Waals surface area contributed by atoms with E-state index in [1.807, 2.05) is 0 Å². The minimum atomic E-state index is 0.925. The lowest BCUT2D eigenvalue weighted by Crippen LogP contribution is -2.28. The smallest absolute Gasteiger partial charge is 0.0125 e. The summed E-state index contributed by atoms with van der Waals surface area (Å²) in [7, 11) is 0. The highest BCUT2D eigenvalue weighted by Gasteiger charge is 2.40. The molecular weight excluding hydrogens is 172 g/mol. The van der Waals surface area contributed by atoms with Gasteiger partial charge < -0.3 is 5.32 Å². The lowest BCUT2D eigenvalue weighted by atomic mass is 10.1. The zero-order chi connectivity index (χ0) is 9.97. The van der Waals surface area contributed by atoms with Crippen LogP contribution in [0.25, 0.3) is 0 Å². The summed E-state index contributed by atoms with van der Waals surface area (Å²) in [6, 6.07) is 0.950. The minimum absolute atomic E-state index is 0.925. The number of nitrogens with one attached hydrogen (secondary N) is 1. The average molecular weight is 196 g/mol. The van der Waals surface area contributed by atoms with Gasteiger partial charge in [-0.2, -0.15) is 0 Å². The monoisotopic (exact) mass is 196 g/mol. The van der Waals surface area contributed by atoms with Gasteiger partial charge in [-0.3, -0.25) is 4.90 Å². The molecule has 2 aliphatic rings. The SMILES string of the molecule is CCCNCC1CCN(C2CC2C)C1. The summed E-state index contributed by atoms with van der Waals surface area (Å²) in [6.45, 7) is 9.76. The first-order valence-corrected chi connectivity index (χ1v) is 6.26. The number of likely N-dealkylation sites (tertiary alicyclic amines) is 1. The summed E-state index contributed by atoms with van der Waals surface area (Å²) in [4.78, 5) is 2.71. The van der Waals surface area contributed by atoms with Crippen LogP contribution in [0.15, 0.2) is 0 Å². The summed E-state index contributed by atoms with van der Waals surface area (Å²) in [5.74, 6) is 1.91. The Hall–Kier alpha value is -0.0800. The maximum absolute atomic E-state index is 3.54. The van der Waals surface area contributed by atoms with Gasteiger partial charge in [0.15, 0.2) is 0 Å². The molecule has 0 radical (unpaired) electrons. The Labute approximate surface area is 88.1 Å². The van der Waals surface area contributed by atoms with Crippen LogP contribution in [0.5, 0.6) is 0 Å². The number of rotatable bonds is 5. The lowest BCUT2D eigenvalue weighted by Gasteiger charge is -2.15. The van der Waals surface area contributed by atoms with E-state index < -0.39 is 0 Å². The third-order valence-electron chi connectivity index (χ3n) is 3.71. The molecule has 1 saturated carbocycles. The highest BCUT2D eigenvalue weighted by molar-refractivity contribution is 4.95. The van der Waals surface area contributed by atoms with Crippen molar-refractivity contribution in [2.45, 2.75) is 39.2 Å². The second-order valence-corrected chi connectivity index (χ2v) is 5.13. The van der Waals surface area contributed by atoms with Crippen molar-refractivity contribution in [2.75, 3.05) is 26.2 Å². The van der Waals surface area contributed by atoms with Crippen LogP contribution in [-0.2, 0) is 0 Å². The quantitative estimate of drug-likeness (QED) is 0.674. The van der Waals surface area contributed by atoms with Crippen molar-refractivity contribution in [1.82, 2.24) is 10.2 Å². The molecule has 0 amide bonds. The molecule has 0 aromatic carbocycles. The molecule has 0 bridgehead atoms. The van der Waals surface area contributed by atoms with E-state index >= 15 is 0 Å². The van der Waals surface area contributed by atoms with E-state index in [1.165, 1.54) is 45.4 Å². The molecule has 0 spiro atoms. The fourth-order valence-electron chi connectivity index (χ4n) is 2.62. The molecule has 82 valence electrons. The maximum Gasteiger partial charge on any atom is 0.0125 e. The third-order valence-corrected chi connectivity index (χ3v) is 3.71. The van der Waals surface area contributed by atoms with Crippen molar-refractivity contribution in [3.63, 3.8) is 0 Å². The molecule has 0 aromatic heterocycles. The Bertz CT molecular complexity index is 181. The van der Waals surface area contributed by atoms with Crippen LogP contribution in [0, 0.1) is 11.8 Å². The van der Waals surface area contributed by atoms with Gasteiger partial charge >= 0.3 is 0 Å². The van der Waals surface area contributed by atoms with Crippen molar-refractivity contribution in [3.05, 3.63) is 0 Å². The van der Waals surface area contributed by atoms with Crippen LogP contribution < -0.4 is 5.32 Å². The highest BCUT2D eigenvalue weighted by atomic mass is 15.2. The zero-order valence-electron chi connectivity index (χ0n) is 9.63. The molecule has 3 atom stereocenters. The number of nitrogens with zero attached hydrogens (tertiary/aromatic N) is 1. The molecule has 2 nitrogen and oxygen atoms in total. The first kappa shape index (κ1) is 10.4. The molecule has 1 N–H and O–H groups in total. The Morgan fingerprint density at radius 1 is 1.43 bits per heavy atom. The first-order chi connectivity index (χ1) is 6.81. The van der Waals surface area contributed by atoms with Crippen molar-refractivity contribution < 1.29 is 0 Å². The van der Waals surface area contributed by atoms with E-state index in [-0.39, 0.29) is 0 Å². The summed E-state index contributed by atoms with van der Waals surface area (Å²) >= 11 is 0. The molecule has 1 saturated heterocycles. The Morgan fingerprint density at radius 2 is 2.21 bits per heavy atom. The topological polar surface area (TPSA) is 15.3 Å². The fraction of sp³-hybridized carbons (Fsp3) is 1.00. The largest absolute Gasteiger partial charge is 0.316 e. The molecule has 0 aromatic rings. The first-order valence-electron chi connectivity index (χ1n) is 6.26. The predicted molar refractivity (Wildman–Crippen MR) is 60.4 cm³/mol. The van der Waals surface area contributed by atoms with Crippen LogP contribution in [0.1, 0.15) is 33.1 Å². The van der Waals surface area contributed by atoms with Gasteiger partial charge in [-0.1, -0.05) is 13.8 Å². The molecule has 2 fully saturated rings. The van der Waals surface area contributed by atoms with E-state index in [1.54, 1.807) is 0 Å². The lowest BCUT2D eigenvalue weighted by molar-refractivity contribution is 0.300. The van der Waals surface area contributed by atoms with E-state index in [9.17, 15) is 0 Å². The fourth-order valence-corrected chi connectivity index (χ4v) is 2.62. The van der Waals surface area contributed by atoms with Gasteiger partial charge in [0, 0.05) is 12.6 Å². The molecular formula is C12H24N2. The van der Waals surface area contributed by atoms with E-state index in [0.717, 1.165) is 17.9 Å². The number of hydrogen-bond acceptors (Lipinski definition) is 2. The summed E-state index contributed by atoms with van der Waals surface area (Å²) in [6.07, 6.45) is 4.13. The van der Waals surface area contributed by atoms with Gasteiger partial charge in [0.05, 0.1) is 0 Å². The predicted octanol–water partition coefficient (Wildman–Crippen LogP) is 1.72. The molecule has 1 aliphatic carbocycles. The van der Waals surface area contributed by atoms with Crippen molar-refractivity contribution in [1.29, 1.82) is 0 Å². The Balaban J connectivity index is 1.62. The molecule has 2 heteroatoms. The molecule has 1 heterocycles. The van der Waals surface area contributed by atoms with E-state index in [0.29, 0.717) is 0 Å². The van der Waals surface area contributed by atoms with Crippen LogP contribution >= 0.6 is 0 Å². The second-order valence-electron chi connectivity index (χ2n) is 5.13. The summed E-state index contributed by atoms with van der Waals surface area (Å²) in [5, 5.41) is 3.54. The second kappa shape index (κ2) is 4.63. The molecule has 1 aliphatic heterocycles.